The maximum absolute atomic E-state index is 13.3. The molecule has 1 saturated heterocycles. The van der Waals surface area contributed by atoms with Crippen molar-refractivity contribution in [3.63, 3.8) is 0 Å². The molecular formula is C29H37N5O3. The smallest absolute Gasteiger partial charge is 0.270 e. The topological polar surface area (TPSA) is 97.8 Å². The summed E-state index contributed by atoms with van der Waals surface area (Å²) in [5.74, 6) is 2.01. The second-order valence-electron chi connectivity index (χ2n) is 11.7. The van der Waals surface area contributed by atoms with Crippen LogP contribution in [0.5, 0.6) is 0 Å². The highest BCUT2D eigenvalue weighted by Gasteiger charge is 2.55. The number of amides is 2. The van der Waals surface area contributed by atoms with Crippen LogP contribution in [0.1, 0.15) is 59.9 Å². The minimum atomic E-state index is -0.500. The van der Waals surface area contributed by atoms with Crippen molar-refractivity contribution in [2.24, 2.45) is 17.8 Å². The Bertz CT molecular complexity index is 1170. The van der Waals surface area contributed by atoms with Crippen LogP contribution < -0.4 is 20.4 Å². The van der Waals surface area contributed by atoms with Gasteiger partial charge in [-0.15, -0.1) is 0 Å². The molecule has 37 heavy (non-hydrogen) atoms. The Hall–Kier alpha value is -3.13. The monoisotopic (exact) mass is 503 g/mol. The van der Waals surface area contributed by atoms with Crippen molar-refractivity contribution < 1.29 is 14.7 Å². The van der Waals surface area contributed by atoms with E-state index in [9.17, 15) is 14.7 Å². The summed E-state index contributed by atoms with van der Waals surface area (Å²) in [6.07, 6.45) is 4.81. The van der Waals surface area contributed by atoms with E-state index in [1.807, 2.05) is 36.4 Å². The van der Waals surface area contributed by atoms with Crippen molar-refractivity contribution in [1.29, 1.82) is 0 Å². The van der Waals surface area contributed by atoms with Gasteiger partial charge in [0.2, 0.25) is 0 Å². The highest BCUT2D eigenvalue weighted by Crippen LogP contribution is 2.55. The first-order chi connectivity index (χ1) is 17.8. The Morgan fingerprint density at radius 2 is 1.73 bits per heavy atom. The van der Waals surface area contributed by atoms with Crippen LogP contribution in [0.25, 0.3) is 0 Å². The van der Waals surface area contributed by atoms with Crippen LogP contribution in [-0.2, 0) is 0 Å². The number of pyridine rings is 1. The summed E-state index contributed by atoms with van der Waals surface area (Å²) < 4.78 is 0. The number of aliphatic hydroxyl groups is 1. The van der Waals surface area contributed by atoms with E-state index in [-0.39, 0.29) is 23.9 Å². The molecule has 4 aliphatic carbocycles. The fraction of sp³-hybridized carbons (Fsp3) is 0.552. The number of hydrogen-bond acceptors (Lipinski definition) is 6. The molecule has 2 heterocycles. The molecule has 4 bridgehead atoms. The van der Waals surface area contributed by atoms with E-state index < -0.39 is 5.60 Å². The quantitative estimate of drug-likeness (QED) is 0.581. The average Bonchev–Trinajstić information content (AvgIpc) is 2.89. The predicted molar refractivity (Wildman–Crippen MR) is 143 cm³/mol. The first-order valence-corrected chi connectivity index (χ1v) is 13.7. The molecular weight excluding hydrogens is 466 g/mol. The van der Waals surface area contributed by atoms with Crippen molar-refractivity contribution in [3.05, 3.63) is 53.7 Å². The van der Waals surface area contributed by atoms with Gasteiger partial charge in [0.05, 0.1) is 5.60 Å². The number of carbonyl (C=O) groups is 2. The second-order valence-corrected chi connectivity index (χ2v) is 11.7. The minimum Gasteiger partial charge on any atom is -0.390 e. The van der Waals surface area contributed by atoms with Crippen molar-refractivity contribution in [2.75, 3.05) is 36.5 Å². The summed E-state index contributed by atoms with van der Waals surface area (Å²) >= 11 is 0. The normalized spacial score (nSPS) is 32.4. The Kier molecular flexibility index (Phi) is 6.10. The van der Waals surface area contributed by atoms with Crippen LogP contribution in [0.3, 0.4) is 0 Å². The maximum Gasteiger partial charge on any atom is 0.270 e. The van der Waals surface area contributed by atoms with E-state index in [0.29, 0.717) is 29.0 Å². The van der Waals surface area contributed by atoms with E-state index in [0.717, 1.165) is 63.2 Å². The van der Waals surface area contributed by atoms with Crippen LogP contribution in [0, 0.1) is 17.8 Å². The highest BCUT2D eigenvalue weighted by molar-refractivity contribution is 5.94. The van der Waals surface area contributed by atoms with Gasteiger partial charge in [-0.2, -0.15) is 0 Å². The molecule has 196 valence electrons. The van der Waals surface area contributed by atoms with Gasteiger partial charge in [-0.05, 0) is 93.2 Å². The molecule has 5 fully saturated rings. The largest absolute Gasteiger partial charge is 0.390 e. The highest BCUT2D eigenvalue weighted by atomic mass is 16.3. The van der Waals surface area contributed by atoms with E-state index in [1.165, 1.54) is 0 Å². The van der Waals surface area contributed by atoms with Gasteiger partial charge in [0.15, 0.2) is 0 Å². The first-order valence-electron chi connectivity index (χ1n) is 13.7. The van der Waals surface area contributed by atoms with E-state index in [4.69, 9.17) is 4.98 Å². The van der Waals surface area contributed by atoms with Gasteiger partial charge >= 0.3 is 0 Å². The zero-order valence-electron chi connectivity index (χ0n) is 21.7. The van der Waals surface area contributed by atoms with Crippen molar-refractivity contribution in [3.8, 4) is 0 Å². The van der Waals surface area contributed by atoms with Gasteiger partial charge < -0.3 is 25.5 Å². The molecule has 8 nitrogen and oxygen atoms in total. The Morgan fingerprint density at radius 3 is 2.38 bits per heavy atom. The average molecular weight is 504 g/mol. The standard InChI is InChI=1S/C29H37N5O3/c1-18-17-33(23-8-6-20(7-9-23)27(35)30-2)10-11-34(18)25-5-3-4-24(31-25)28(36)32-26-21-12-19-13-22(26)16-29(37,14-19)15-21/h3-9,18-19,21-22,26,37H,10-17H2,1-2H3,(H,30,35)(H,32,36)/t18-,19?,21?,22?,26?,29?/m1/s1. The number of piperazine rings is 1. The van der Waals surface area contributed by atoms with Crippen LogP contribution in [0.15, 0.2) is 42.5 Å². The molecule has 4 saturated carbocycles. The number of nitrogens with one attached hydrogen (secondary N) is 2. The number of rotatable bonds is 5. The van der Waals surface area contributed by atoms with Crippen LogP contribution >= 0.6 is 0 Å². The molecule has 3 atom stereocenters. The molecule has 1 aromatic heterocycles. The third-order valence-electron chi connectivity index (χ3n) is 9.15. The van der Waals surface area contributed by atoms with E-state index >= 15 is 0 Å². The third kappa shape index (κ3) is 4.56. The van der Waals surface area contributed by atoms with E-state index in [1.54, 1.807) is 13.1 Å². The van der Waals surface area contributed by atoms with Gasteiger partial charge in [0.1, 0.15) is 11.5 Å². The molecule has 1 aromatic carbocycles. The van der Waals surface area contributed by atoms with Gasteiger partial charge in [-0.25, -0.2) is 4.98 Å². The maximum atomic E-state index is 13.3. The van der Waals surface area contributed by atoms with Crippen molar-refractivity contribution in [2.45, 2.75) is 56.7 Å². The number of aromatic nitrogens is 1. The number of anilines is 2. The first kappa shape index (κ1) is 24.2. The third-order valence-corrected chi connectivity index (χ3v) is 9.15. The molecule has 1 aliphatic heterocycles. The van der Waals surface area contributed by atoms with Crippen molar-refractivity contribution >= 4 is 23.3 Å². The lowest BCUT2D eigenvalue weighted by Crippen LogP contribution is -2.61. The molecule has 2 amide bonds. The predicted octanol–water partition coefficient (Wildman–Crippen LogP) is 2.83. The Morgan fingerprint density at radius 1 is 1.00 bits per heavy atom. The number of nitrogens with zero attached hydrogens (tertiary/aromatic N) is 3. The fourth-order valence-corrected chi connectivity index (χ4v) is 7.65. The summed E-state index contributed by atoms with van der Waals surface area (Å²) in [6, 6.07) is 13.8. The molecule has 5 aliphatic rings. The lowest BCUT2D eigenvalue weighted by Gasteiger charge is -2.58. The molecule has 0 radical (unpaired) electrons. The molecule has 3 N–H and O–H groups in total. The molecule has 2 unspecified atom stereocenters. The Balaban J connectivity index is 1.10. The zero-order chi connectivity index (χ0) is 25.7. The van der Waals surface area contributed by atoms with Gasteiger partial charge in [0, 0.05) is 50.0 Å². The van der Waals surface area contributed by atoms with Gasteiger partial charge in [-0.3, -0.25) is 9.59 Å². The Labute approximate surface area is 218 Å². The minimum absolute atomic E-state index is 0.0830. The molecule has 8 heteroatoms. The van der Waals surface area contributed by atoms with Crippen LogP contribution in [-0.4, -0.2) is 66.3 Å². The SMILES string of the molecule is CNC(=O)c1ccc(N2CCN(c3cccc(C(=O)NC4C5CC6CC4CC(O)(C6)C5)n3)[C@H](C)C2)cc1. The second kappa shape index (κ2) is 9.31. The number of hydrogen-bond donors (Lipinski definition) is 3. The lowest BCUT2D eigenvalue weighted by atomic mass is 9.52. The molecule has 2 aromatic rings. The number of carbonyl (C=O) groups excluding carboxylic acids is 2. The molecule has 7 rings (SSSR count). The van der Waals surface area contributed by atoms with E-state index in [2.05, 4.69) is 27.4 Å². The van der Waals surface area contributed by atoms with Crippen LogP contribution in [0.2, 0.25) is 0 Å². The fourth-order valence-electron chi connectivity index (χ4n) is 7.65. The lowest BCUT2D eigenvalue weighted by molar-refractivity contribution is -0.136. The van der Waals surface area contributed by atoms with Gasteiger partial charge in [-0.1, -0.05) is 6.07 Å². The summed E-state index contributed by atoms with van der Waals surface area (Å²) in [6.45, 7) is 4.63. The summed E-state index contributed by atoms with van der Waals surface area (Å²) in [7, 11) is 1.64. The van der Waals surface area contributed by atoms with Crippen molar-refractivity contribution in [1.82, 2.24) is 15.6 Å². The summed E-state index contributed by atoms with van der Waals surface area (Å²) in [4.78, 5) is 34.5. The van der Waals surface area contributed by atoms with Gasteiger partial charge in [0.25, 0.3) is 11.8 Å². The zero-order valence-corrected chi connectivity index (χ0v) is 21.7. The number of benzene rings is 1. The van der Waals surface area contributed by atoms with Crippen LogP contribution in [0.4, 0.5) is 11.5 Å². The summed E-state index contributed by atoms with van der Waals surface area (Å²) in [5, 5.41) is 16.8. The summed E-state index contributed by atoms with van der Waals surface area (Å²) in [5.41, 5.74) is 1.71. The molecule has 0 spiro atoms.